The van der Waals surface area contributed by atoms with Gasteiger partial charge in [0, 0.05) is 0 Å². The van der Waals surface area contributed by atoms with Crippen molar-refractivity contribution in [1.29, 1.82) is 0 Å². The van der Waals surface area contributed by atoms with Crippen molar-refractivity contribution in [3.05, 3.63) is 23.5 Å². The largest absolute Gasteiger partial charge is 0.339 e. The molecule has 0 aromatic rings. The number of unbranched alkanes of at least 4 members (excludes halogenated alkanes) is 1. The van der Waals surface area contributed by atoms with Crippen LogP contribution in [0.5, 0.6) is 0 Å². The Bertz CT molecular complexity index is 581. The predicted molar refractivity (Wildman–Crippen MR) is 114 cm³/mol. The average molecular weight is 415 g/mol. The highest BCUT2D eigenvalue weighted by Gasteiger charge is 2.46. The average Bonchev–Trinajstić information content (AvgIpc) is 2.57. The third-order valence-electron chi connectivity index (χ3n) is 4.18. The van der Waals surface area contributed by atoms with Gasteiger partial charge in [0.15, 0.2) is 11.4 Å². The molecule has 0 aromatic carbocycles. The minimum atomic E-state index is -0.969. The van der Waals surface area contributed by atoms with Crippen LogP contribution in [0.15, 0.2) is 23.5 Å². The maximum Gasteiger partial charge on any atom is 0.180 e. The van der Waals surface area contributed by atoms with Gasteiger partial charge in [0.05, 0.1) is 17.8 Å². The number of hydrogen-bond acceptors (Lipinski definition) is 6. The second-order valence-electron chi connectivity index (χ2n) is 10.3. The van der Waals surface area contributed by atoms with Gasteiger partial charge in [-0.3, -0.25) is 0 Å². The Hall–Kier alpha value is -0.920. The van der Waals surface area contributed by atoms with E-state index in [0.29, 0.717) is 12.4 Å². The molecule has 0 amide bonds. The summed E-state index contributed by atoms with van der Waals surface area (Å²) in [5.74, 6) is 0.641. The van der Waals surface area contributed by atoms with Crippen molar-refractivity contribution < 1.29 is 29.3 Å². The molecule has 29 heavy (non-hydrogen) atoms. The van der Waals surface area contributed by atoms with Gasteiger partial charge in [0.25, 0.3) is 0 Å². The van der Waals surface area contributed by atoms with Gasteiger partial charge in [-0.2, -0.15) is 4.89 Å². The fourth-order valence-electron chi connectivity index (χ4n) is 2.70. The van der Waals surface area contributed by atoms with Crippen LogP contribution in [0.1, 0.15) is 89.0 Å². The summed E-state index contributed by atoms with van der Waals surface area (Å²) in [6.45, 7) is 22.2. The molecule has 0 aromatic heterocycles. The summed E-state index contributed by atoms with van der Waals surface area (Å²) in [6, 6.07) is 0. The molecule has 6 heteroatoms. The molecule has 0 N–H and O–H groups in total. The Labute approximate surface area is 177 Å². The zero-order valence-corrected chi connectivity index (χ0v) is 20.3. The minimum Gasteiger partial charge on any atom is -0.339 e. The maximum absolute atomic E-state index is 5.93. The van der Waals surface area contributed by atoms with Gasteiger partial charge in [-0.1, -0.05) is 27.2 Å². The molecular formula is C23H42O6. The molecule has 0 fully saturated rings. The van der Waals surface area contributed by atoms with E-state index in [4.69, 9.17) is 29.3 Å². The van der Waals surface area contributed by atoms with E-state index in [2.05, 4.69) is 20.8 Å². The highest BCUT2D eigenvalue weighted by Crippen LogP contribution is 2.42. The van der Waals surface area contributed by atoms with Gasteiger partial charge in [0.2, 0.25) is 0 Å². The van der Waals surface area contributed by atoms with Gasteiger partial charge < -0.3 is 4.89 Å². The van der Waals surface area contributed by atoms with Gasteiger partial charge in [-0.05, 0) is 85.5 Å². The first kappa shape index (κ1) is 26.1. The molecule has 170 valence electrons. The van der Waals surface area contributed by atoms with Crippen molar-refractivity contribution in [2.45, 2.75) is 111 Å². The lowest BCUT2D eigenvalue weighted by atomic mass is 9.78. The second kappa shape index (κ2) is 9.92. The molecule has 6 nitrogen and oxygen atoms in total. The molecule has 0 bridgehead atoms. The van der Waals surface area contributed by atoms with Crippen LogP contribution in [0.25, 0.3) is 0 Å². The van der Waals surface area contributed by atoms with E-state index >= 15 is 0 Å². The monoisotopic (exact) mass is 414 g/mol. The molecule has 0 radical (unpaired) electrons. The fraction of sp³-hybridized carbons (Fsp3) is 0.826. The molecule has 0 saturated carbocycles. The highest BCUT2D eigenvalue weighted by molar-refractivity contribution is 5.39. The zero-order chi connectivity index (χ0) is 22.5. The fourth-order valence-corrected chi connectivity index (χ4v) is 2.70. The molecule has 1 aliphatic rings. The zero-order valence-electron chi connectivity index (χ0n) is 20.3. The molecule has 2 unspecified atom stereocenters. The Kier molecular flexibility index (Phi) is 8.94. The lowest BCUT2D eigenvalue weighted by molar-refractivity contribution is -0.404. The van der Waals surface area contributed by atoms with Crippen LogP contribution in [-0.2, 0) is 29.3 Å². The first-order valence-corrected chi connectivity index (χ1v) is 10.6. The topological polar surface area (TPSA) is 55.4 Å². The van der Waals surface area contributed by atoms with E-state index in [9.17, 15) is 0 Å². The van der Waals surface area contributed by atoms with E-state index in [1.165, 1.54) is 0 Å². The lowest BCUT2D eigenvalue weighted by Crippen LogP contribution is -2.45. The van der Waals surface area contributed by atoms with Crippen LogP contribution < -0.4 is 0 Å². The predicted octanol–water partition coefficient (Wildman–Crippen LogP) is 6.23. The second-order valence-corrected chi connectivity index (χ2v) is 10.3. The molecule has 2 atom stereocenters. The van der Waals surface area contributed by atoms with Crippen molar-refractivity contribution >= 4 is 0 Å². The molecule has 0 heterocycles. The normalized spacial score (nSPS) is 25.8. The smallest absolute Gasteiger partial charge is 0.180 e. The third-order valence-corrected chi connectivity index (χ3v) is 4.18. The SMILES string of the molecule is CCCCOOC1=CC(C)(OOC(C)(C)C)C(C(C)C)=CC1(C)OOC(C)(C)C. The van der Waals surface area contributed by atoms with Crippen molar-refractivity contribution in [3.63, 3.8) is 0 Å². The first-order valence-electron chi connectivity index (χ1n) is 10.6. The van der Waals surface area contributed by atoms with Crippen LogP contribution in [0.3, 0.4) is 0 Å². The minimum absolute atomic E-state index is 0.180. The van der Waals surface area contributed by atoms with Gasteiger partial charge in [-0.25, -0.2) is 19.6 Å². The summed E-state index contributed by atoms with van der Waals surface area (Å²) >= 11 is 0. The Morgan fingerprint density at radius 1 is 0.862 bits per heavy atom. The van der Waals surface area contributed by atoms with Crippen LogP contribution in [0.4, 0.5) is 0 Å². The van der Waals surface area contributed by atoms with Crippen LogP contribution in [-0.4, -0.2) is 29.0 Å². The molecular weight excluding hydrogens is 372 g/mol. The molecule has 1 aliphatic carbocycles. The van der Waals surface area contributed by atoms with E-state index in [0.717, 1.165) is 18.4 Å². The van der Waals surface area contributed by atoms with E-state index in [1.54, 1.807) is 0 Å². The van der Waals surface area contributed by atoms with Crippen molar-refractivity contribution in [2.75, 3.05) is 6.61 Å². The number of hydrogen-bond donors (Lipinski definition) is 0. The maximum atomic E-state index is 5.93. The Morgan fingerprint density at radius 3 is 1.83 bits per heavy atom. The summed E-state index contributed by atoms with van der Waals surface area (Å²) in [6.07, 6.45) is 5.75. The third kappa shape index (κ3) is 8.38. The van der Waals surface area contributed by atoms with Gasteiger partial charge in [-0.15, -0.1) is 0 Å². The Balaban J connectivity index is 3.26. The molecule has 0 aliphatic heterocycles. The summed E-state index contributed by atoms with van der Waals surface area (Å²) in [7, 11) is 0. The van der Waals surface area contributed by atoms with Crippen molar-refractivity contribution in [3.8, 4) is 0 Å². The summed E-state index contributed by atoms with van der Waals surface area (Å²) < 4.78 is 0. The highest BCUT2D eigenvalue weighted by atomic mass is 17.2. The molecule has 1 rings (SSSR count). The standard InChI is InChI=1S/C23H42O6/c1-12-13-14-24-25-19-16-22(10,28-26-20(4,5)6)18(17(2)3)15-23(19,11)29-27-21(7,8)9/h15-17H,12-14H2,1-11H3. The van der Waals surface area contributed by atoms with E-state index in [-0.39, 0.29) is 5.92 Å². The van der Waals surface area contributed by atoms with Crippen LogP contribution in [0.2, 0.25) is 0 Å². The number of rotatable bonds is 10. The van der Waals surface area contributed by atoms with Gasteiger partial charge >= 0.3 is 0 Å². The van der Waals surface area contributed by atoms with Crippen molar-refractivity contribution in [2.24, 2.45) is 5.92 Å². The Morgan fingerprint density at radius 2 is 1.38 bits per heavy atom. The summed E-state index contributed by atoms with van der Waals surface area (Å²) in [5, 5.41) is 0. The lowest BCUT2D eigenvalue weighted by Gasteiger charge is -2.41. The van der Waals surface area contributed by atoms with Crippen LogP contribution in [0, 0.1) is 5.92 Å². The summed E-state index contributed by atoms with van der Waals surface area (Å²) in [5.41, 5.74) is -1.73. The van der Waals surface area contributed by atoms with E-state index < -0.39 is 22.4 Å². The van der Waals surface area contributed by atoms with Crippen LogP contribution >= 0.6 is 0 Å². The quantitative estimate of drug-likeness (QED) is 0.183. The summed E-state index contributed by atoms with van der Waals surface area (Å²) in [4.78, 5) is 34.3. The first-order chi connectivity index (χ1) is 13.1. The van der Waals surface area contributed by atoms with Gasteiger partial charge in [0.1, 0.15) is 5.60 Å². The van der Waals surface area contributed by atoms with E-state index in [1.807, 2.05) is 67.5 Å². The molecule has 0 spiro atoms. The molecule has 0 saturated heterocycles. The van der Waals surface area contributed by atoms with Crippen molar-refractivity contribution in [1.82, 2.24) is 0 Å².